The summed E-state index contributed by atoms with van der Waals surface area (Å²) in [7, 11) is 0. The lowest BCUT2D eigenvalue weighted by molar-refractivity contribution is 0.122. The number of carbonyl (C=O) groups excluding carboxylic acids is 1. The lowest BCUT2D eigenvalue weighted by Gasteiger charge is -2.29. The van der Waals surface area contributed by atoms with Gasteiger partial charge in [-0.15, -0.1) is 0 Å². The van der Waals surface area contributed by atoms with Crippen molar-refractivity contribution in [2.24, 2.45) is 0 Å². The molecule has 0 bridgehead atoms. The number of ether oxygens (including phenoxy) is 1. The minimum atomic E-state index is -0.325. The number of nitrogens with zero attached hydrogens (tertiary/aromatic N) is 3. The highest BCUT2D eigenvalue weighted by Gasteiger charge is 2.16. The topological polar surface area (TPSA) is 105 Å². The Kier molecular flexibility index (Phi) is 5.76. The van der Waals surface area contributed by atoms with Crippen LogP contribution in [0.2, 0.25) is 0 Å². The third-order valence-corrected chi connectivity index (χ3v) is 4.83. The van der Waals surface area contributed by atoms with Crippen LogP contribution < -0.4 is 21.3 Å². The summed E-state index contributed by atoms with van der Waals surface area (Å²) in [6.45, 7) is 5.07. The van der Waals surface area contributed by atoms with Gasteiger partial charge in [-0.05, 0) is 55.5 Å². The van der Waals surface area contributed by atoms with Gasteiger partial charge in [-0.1, -0.05) is 0 Å². The van der Waals surface area contributed by atoms with Gasteiger partial charge >= 0.3 is 6.03 Å². The molecule has 8 nitrogen and oxygen atoms in total. The molecule has 4 N–H and O–H groups in total. The van der Waals surface area contributed by atoms with Crippen molar-refractivity contribution in [1.29, 1.82) is 0 Å². The van der Waals surface area contributed by atoms with E-state index in [1.807, 2.05) is 37.4 Å². The first-order chi connectivity index (χ1) is 14.6. The molecule has 2 aromatic carbocycles. The van der Waals surface area contributed by atoms with Crippen LogP contribution in [0, 0.1) is 6.92 Å². The number of nitrogen functional groups attached to an aromatic ring is 1. The van der Waals surface area contributed by atoms with Crippen molar-refractivity contribution in [3.8, 4) is 11.4 Å². The van der Waals surface area contributed by atoms with Crippen LogP contribution in [0.5, 0.6) is 0 Å². The fraction of sp³-hybridized carbons (Fsp3) is 0.227. The number of aryl methyl sites for hydroxylation is 1. The van der Waals surface area contributed by atoms with Crippen molar-refractivity contribution in [2.45, 2.75) is 6.92 Å². The van der Waals surface area contributed by atoms with Gasteiger partial charge in [0.15, 0.2) is 5.82 Å². The second kappa shape index (κ2) is 8.79. The fourth-order valence-corrected chi connectivity index (χ4v) is 3.23. The van der Waals surface area contributed by atoms with Gasteiger partial charge in [-0.2, -0.15) is 0 Å². The molecule has 2 amide bonds. The normalized spacial score (nSPS) is 13.7. The molecule has 0 unspecified atom stereocenters. The minimum absolute atomic E-state index is 0.325. The molecule has 8 heteroatoms. The Balaban J connectivity index is 1.44. The average molecular weight is 404 g/mol. The number of benzene rings is 2. The van der Waals surface area contributed by atoms with E-state index in [4.69, 9.17) is 15.5 Å². The standard InChI is InChI=1S/C22H24N6O2/c1-15-14-24-20(27-21(15)28-10-12-30-13-11-28)16-2-6-18(7-3-16)25-22(29)26-19-8-4-17(23)5-9-19/h2-9,14H,10-13,23H2,1H3,(H2,25,26,29). The smallest absolute Gasteiger partial charge is 0.323 e. The zero-order valence-corrected chi connectivity index (χ0v) is 16.8. The summed E-state index contributed by atoms with van der Waals surface area (Å²) in [5.74, 6) is 1.59. The monoisotopic (exact) mass is 404 g/mol. The third kappa shape index (κ3) is 4.66. The van der Waals surface area contributed by atoms with Crippen molar-refractivity contribution < 1.29 is 9.53 Å². The number of hydrogen-bond acceptors (Lipinski definition) is 6. The van der Waals surface area contributed by atoms with Crippen LogP contribution in [-0.4, -0.2) is 42.3 Å². The predicted molar refractivity (Wildman–Crippen MR) is 119 cm³/mol. The van der Waals surface area contributed by atoms with E-state index in [2.05, 4.69) is 20.5 Å². The molecule has 0 aliphatic carbocycles. The fourth-order valence-electron chi connectivity index (χ4n) is 3.23. The molecule has 1 aliphatic rings. The van der Waals surface area contributed by atoms with E-state index in [1.54, 1.807) is 24.3 Å². The molecule has 3 aromatic rings. The Morgan fingerprint density at radius 2 is 1.60 bits per heavy atom. The van der Waals surface area contributed by atoms with Crippen molar-refractivity contribution in [1.82, 2.24) is 9.97 Å². The molecule has 4 rings (SSSR count). The predicted octanol–water partition coefficient (Wildman–Crippen LogP) is 3.51. The molecule has 0 atom stereocenters. The maximum absolute atomic E-state index is 12.2. The molecule has 1 aliphatic heterocycles. The van der Waals surface area contributed by atoms with Gasteiger partial charge in [0.2, 0.25) is 0 Å². The summed E-state index contributed by atoms with van der Waals surface area (Å²) in [4.78, 5) is 23.7. The van der Waals surface area contributed by atoms with E-state index < -0.39 is 0 Å². The van der Waals surface area contributed by atoms with Gasteiger partial charge in [0.05, 0.1) is 13.2 Å². The molecular formula is C22H24N6O2. The third-order valence-electron chi connectivity index (χ3n) is 4.83. The molecule has 0 spiro atoms. The first kappa shape index (κ1) is 19.7. The van der Waals surface area contributed by atoms with E-state index in [9.17, 15) is 4.79 Å². The number of rotatable bonds is 4. The molecule has 0 radical (unpaired) electrons. The number of carbonyl (C=O) groups is 1. The Bertz CT molecular complexity index is 1010. The Labute approximate surface area is 175 Å². The number of urea groups is 1. The first-order valence-electron chi connectivity index (χ1n) is 9.79. The number of aromatic nitrogens is 2. The maximum Gasteiger partial charge on any atom is 0.323 e. The summed E-state index contributed by atoms with van der Waals surface area (Å²) in [6, 6.07) is 14.1. The van der Waals surface area contributed by atoms with Crippen LogP contribution in [-0.2, 0) is 4.74 Å². The number of amides is 2. The highest BCUT2D eigenvalue weighted by Crippen LogP contribution is 2.24. The molecule has 1 aromatic heterocycles. The second-order valence-corrected chi connectivity index (χ2v) is 7.08. The summed E-state index contributed by atoms with van der Waals surface area (Å²) in [5, 5.41) is 5.58. The quantitative estimate of drug-likeness (QED) is 0.575. The molecule has 1 saturated heterocycles. The van der Waals surface area contributed by atoms with Crippen molar-refractivity contribution in [2.75, 3.05) is 47.6 Å². The lowest BCUT2D eigenvalue weighted by Crippen LogP contribution is -2.37. The van der Waals surface area contributed by atoms with Gasteiger partial charge < -0.3 is 26.0 Å². The summed E-state index contributed by atoms with van der Waals surface area (Å²) >= 11 is 0. The second-order valence-electron chi connectivity index (χ2n) is 7.08. The Morgan fingerprint density at radius 1 is 1.00 bits per heavy atom. The summed E-state index contributed by atoms with van der Waals surface area (Å²) in [5.41, 5.74) is 9.57. The number of nitrogens with one attached hydrogen (secondary N) is 2. The zero-order chi connectivity index (χ0) is 20.9. The van der Waals surface area contributed by atoms with E-state index in [-0.39, 0.29) is 6.03 Å². The highest BCUT2D eigenvalue weighted by atomic mass is 16.5. The van der Waals surface area contributed by atoms with Gasteiger partial charge in [-0.3, -0.25) is 0 Å². The van der Waals surface area contributed by atoms with Crippen molar-refractivity contribution in [3.05, 3.63) is 60.3 Å². The average Bonchev–Trinajstić information content (AvgIpc) is 2.77. The molecule has 154 valence electrons. The van der Waals surface area contributed by atoms with Crippen molar-refractivity contribution >= 4 is 28.9 Å². The molecular weight excluding hydrogens is 380 g/mol. The van der Waals surface area contributed by atoms with Gasteiger partial charge in [0, 0.05) is 47.5 Å². The van der Waals surface area contributed by atoms with Gasteiger partial charge in [0.25, 0.3) is 0 Å². The van der Waals surface area contributed by atoms with Crippen LogP contribution in [0.15, 0.2) is 54.7 Å². The first-order valence-corrected chi connectivity index (χ1v) is 9.79. The van der Waals surface area contributed by atoms with E-state index >= 15 is 0 Å². The van der Waals surface area contributed by atoms with E-state index in [0.29, 0.717) is 36.1 Å². The SMILES string of the molecule is Cc1cnc(-c2ccc(NC(=O)Nc3ccc(N)cc3)cc2)nc1N1CCOCC1. The summed E-state index contributed by atoms with van der Waals surface area (Å²) < 4.78 is 5.43. The van der Waals surface area contributed by atoms with Crippen molar-refractivity contribution in [3.63, 3.8) is 0 Å². The molecule has 30 heavy (non-hydrogen) atoms. The Morgan fingerprint density at radius 3 is 2.23 bits per heavy atom. The van der Waals surface area contributed by atoms with Crippen LogP contribution in [0.3, 0.4) is 0 Å². The minimum Gasteiger partial charge on any atom is -0.399 e. The zero-order valence-electron chi connectivity index (χ0n) is 16.8. The molecule has 1 fully saturated rings. The van der Waals surface area contributed by atoms with Gasteiger partial charge in [0.1, 0.15) is 5.82 Å². The van der Waals surface area contributed by atoms with Crippen LogP contribution >= 0.6 is 0 Å². The van der Waals surface area contributed by atoms with E-state index in [1.165, 1.54) is 0 Å². The van der Waals surface area contributed by atoms with E-state index in [0.717, 1.165) is 30.0 Å². The summed E-state index contributed by atoms with van der Waals surface area (Å²) in [6.07, 6.45) is 1.85. The number of hydrogen-bond donors (Lipinski definition) is 3. The number of morpholine rings is 1. The number of nitrogens with two attached hydrogens (primary N) is 1. The van der Waals surface area contributed by atoms with Crippen LogP contribution in [0.1, 0.15) is 5.56 Å². The van der Waals surface area contributed by atoms with Crippen LogP contribution in [0.4, 0.5) is 27.7 Å². The largest absolute Gasteiger partial charge is 0.399 e. The Hall–Kier alpha value is -3.65. The maximum atomic E-state index is 12.2. The molecule has 0 saturated carbocycles. The molecule has 2 heterocycles. The number of anilines is 4. The van der Waals surface area contributed by atoms with Crippen LogP contribution in [0.25, 0.3) is 11.4 Å². The lowest BCUT2D eigenvalue weighted by atomic mass is 10.2. The van der Waals surface area contributed by atoms with Gasteiger partial charge in [-0.25, -0.2) is 14.8 Å². The highest BCUT2D eigenvalue weighted by molar-refractivity contribution is 5.99.